The van der Waals surface area contributed by atoms with Crippen molar-refractivity contribution >= 4 is 65.4 Å². The number of aromatic nitrogens is 3. The maximum Gasteiger partial charge on any atom is 0.102 e. The van der Waals surface area contributed by atoms with Gasteiger partial charge in [-0.15, -0.1) is 0 Å². The lowest BCUT2D eigenvalue weighted by Crippen LogP contribution is -2.02. The van der Waals surface area contributed by atoms with E-state index >= 15 is 0 Å². The molecule has 0 saturated heterocycles. The molecule has 0 amide bonds. The summed E-state index contributed by atoms with van der Waals surface area (Å²) in [6.45, 7) is 0. The first-order valence-corrected chi connectivity index (χ1v) is 18.3. The zero-order valence-corrected chi connectivity index (χ0v) is 29.5. The molecule has 0 aliphatic carbocycles. The van der Waals surface area contributed by atoms with Gasteiger partial charge in [-0.25, -0.2) is 0 Å². The molecular weight excluding hydrogens is 671 g/mol. The van der Waals surface area contributed by atoms with E-state index in [9.17, 15) is 10.5 Å². The summed E-state index contributed by atoms with van der Waals surface area (Å²) >= 11 is 0. The second kappa shape index (κ2) is 11.8. The second-order valence-electron chi connectivity index (χ2n) is 13.9. The summed E-state index contributed by atoms with van der Waals surface area (Å²) in [5.41, 5.74) is 12.1. The predicted molar refractivity (Wildman–Crippen MR) is 224 cm³/mol. The maximum absolute atomic E-state index is 11.1. The molecule has 0 fully saturated rings. The van der Waals surface area contributed by atoms with E-state index < -0.39 is 0 Å². The fourth-order valence-electron chi connectivity index (χ4n) is 8.97. The summed E-state index contributed by atoms with van der Waals surface area (Å²) < 4.78 is 6.88. The van der Waals surface area contributed by atoms with E-state index in [0.717, 1.165) is 82.8 Å². The fraction of sp³-hybridized carbons (Fsp3) is 0. The van der Waals surface area contributed by atoms with Crippen molar-refractivity contribution in [2.24, 2.45) is 0 Å². The smallest absolute Gasteiger partial charge is 0.102 e. The molecule has 0 unspecified atom stereocenters. The Hall–Kier alpha value is -7.86. The number of rotatable bonds is 4. The molecule has 0 aliphatic rings. The van der Waals surface area contributed by atoms with Gasteiger partial charge < -0.3 is 13.7 Å². The number of nitriles is 2. The van der Waals surface area contributed by atoms with Gasteiger partial charge in [-0.3, -0.25) is 0 Å². The van der Waals surface area contributed by atoms with Crippen LogP contribution in [0.3, 0.4) is 0 Å². The van der Waals surface area contributed by atoms with Gasteiger partial charge in [0, 0.05) is 43.4 Å². The number of hydrogen-bond donors (Lipinski definition) is 0. The van der Waals surface area contributed by atoms with Crippen LogP contribution in [0.4, 0.5) is 0 Å². The normalized spacial score (nSPS) is 11.6. The highest BCUT2D eigenvalue weighted by molar-refractivity contribution is 6.17. The quantitative estimate of drug-likeness (QED) is 0.184. The topological polar surface area (TPSA) is 62.4 Å². The average molecular weight is 700 g/mol. The maximum atomic E-state index is 11.1. The number of fused-ring (bicyclic) bond motifs is 9. The lowest BCUT2D eigenvalue weighted by atomic mass is 9.96. The van der Waals surface area contributed by atoms with E-state index in [0.29, 0.717) is 11.1 Å². The molecule has 0 bridgehead atoms. The van der Waals surface area contributed by atoms with Crippen LogP contribution < -0.4 is 0 Å². The Kier molecular flexibility index (Phi) is 6.61. The second-order valence-corrected chi connectivity index (χ2v) is 13.9. The van der Waals surface area contributed by atoms with E-state index in [2.05, 4.69) is 147 Å². The lowest BCUT2D eigenvalue weighted by Gasteiger charge is -2.17. The molecule has 0 aliphatic heterocycles. The van der Waals surface area contributed by atoms with E-state index in [1.807, 2.05) is 54.6 Å². The fourth-order valence-corrected chi connectivity index (χ4v) is 8.97. The first-order chi connectivity index (χ1) is 27.3. The van der Waals surface area contributed by atoms with E-state index in [1.54, 1.807) is 0 Å². The molecule has 0 radical (unpaired) electrons. The van der Waals surface area contributed by atoms with Crippen LogP contribution in [0.2, 0.25) is 0 Å². The monoisotopic (exact) mass is 699 g/mol. The number of para-hydroxylation sites is 5. The summed E-state index contributed by atoms with van der Waals surface area (Å²) in [6.07, 6.45) is 0. The third-order valence-electron chi connectivity index (χ3n) is 11.1. The van der Waals surface area contributed by atoms with Crippen LogP contribution in [0.5, 0.6) is 0 Å². The summed E-state index contributed by atoms with van der Waals surface area (Å²) in [4.78, 5) is 0. The first-order valence-electron chi connectivity index (χ1n) is 18.3. The van der Waals surface area contributed by atoms with Crippen LogP contribution in [0.25, 0.3) is 93.6 Å². The van der Waals surface area contributed by atoms with Gasteiger partial charge in [0.2, 0.25) is 0 Å². The molecule has 55 heavy (non-hydrogen) atoms. The molecule has 254 valence electrons. The minimum absolute atomic E-state index is 0.562. The van der Waals surface area contributed by atoms with Crippen molar-refractivity contribution in [3.63, 3.8) is 0 Å². The largest absolute Gasteiger partial charge is 0.309 e. The SMILES string of the molecule is N#Cc1c(-c2ccccc2-n2c3ccccc3c3c(-n4c5ccccc5c5ccccc54)cccc32)cccc1-n1c2ccccc2c2c(C#N)cccc21. The van der Waals surface area contributed by atoms with Gasteiger partial charge in [-0.05, 0) is 60.7 Å². The Morgan fingerprint density at radius 3 is 1.38 bits per heavy atom. The van der Waals surface area contributed by atoms with Crippen LogP contribution in [0, 0.1) is 22.7 Å². The van der Waals surface area contributed by atoms with Crippen molar-refractivity contribution in [2.45, 2.75) is 0 Å². The van der Waals surface area contributed by atoms with Crippen LogP contribution in [-0.2, 0) is 0 Å². The minimum Gasteiger partial charge on any atom is -0.309 e. The van der Waals surface area contributed by atoms with Crippen molar-refractivity contribution in [3.8, 4) is 40.3 Å². The lowest BCUT2D eigenvalue weighted by molar-refractivity contribution is 1.16. The van der Waals surface area contributed by atoms with E-state index in [1.165, 1.54) is 10.8 Å². The molecule has 3 heterocycles. The summed E-state index contributed by atoms with van der Waals surface area (Å²) in [7, 11) is 0. The number of benzene rings is 8. The number of hydrogen-bond acceptors (Lipinski definition) is 2. The number of nitrogens with zero attached hydrogens (tertiary/aromatic N) is 5. The zero-order chi connectivity index (χ0) is 36.6. The van der Waals surface area contributed by atoms with Gasteiger partial charge in [0.05, 0.1) is 67.4 Å². The van der Waals surface area contributed by atoms with Crippen LogP contribution in [0.15, 0.2) is 176 Å². The molecule has 0 spiro atoms. The summed E-state index contributed by atoms with van der Waals surface area (Å²) in [5, 5.41) is 27.8. The molecular formula is C50H29N5. The molecule has 5 nitrogen and oxygen atoms in total. The van der Waals surface area contributed by atoms with Gasteiger partial charge in [-0.1, -0.05) is 115 Å². The first kappa shape index (κ1) is 30.7. The molecule has 11 rings (SSSR count). The van der Waals surface area contributed by atoms with E-state index in [4.69, 9.17) is 0 Å². The molecule has 0 N–H and O–H groups in total. The van der Waals surface area contributed by atoms with Gasteiger partial charge in [0.1, 0.15) is 6.07 Å². The third-order valence-corrected chi connectivity index (χ3v) is 11.1. The Balaban J connectivity index is 1.20. The molecule has 8 aromatic carbocycles. The Morgan fingerprint density at radius 2 is 0.727 bits per heavy atom. The van der Waals surface area contributed by atoms with Crippen molar-refractivity contribution in [1.82, 2.24) is 13.7 Å². The predicted octanol–water partition coefficient (Wildman–Crippen LogP) is 12.4. The van der Waals surface area contributed by atoms with Gasteiger partial charge in [0.25, 0.3) is 0 Å². The Labute approximate surface area is 316 Å². The average Bonchev–Trinajstić information content (AvgIpc) is 3.89. The van der Waals surface area contributed by atoms with Crippen LogP contribution >= 0.6 is 0 Å². The van der Waals surface area contributed by atoms with Crippen molar-refractivity contribution < 1.29 is 0 Å². The molecule has 0 saturated carbocycles. The van der Waals surface area contributed by atoms with Crippen molar-refractivity contribution in [2.75, 3.05) is 0 Å². The van der Waals surface area contributed by atoms with Gasteiger partial charge >= 0.3 is 0 Å². The Morgan fingerprint density at radius 1 is 0.309 bits per heavy atom. The minimum atomic E-state index is 0.562. The van der Waals surface area contributed by atoms with Gasteiger partial charge in [-0.2, -0.15) is 10.5 Å². The van der Waals surface area contributed by atoms with Crippen LogP contribution in [0.1, 0.15) is 11.1 Å². The third kappa shape index (κ3) is 4.27. The van der Waals surface area contributed by atoms with Gasteiger partial charge in [0.15, 0.2) is 0 Å². The molecule has 11 aromatic rings. The highest BCUT2D eigenvalue weighted by Crippen LogP contribution is 2.43. The van der Waals surface area contributed by atoms with E-state index in [-0.39, 0.29) is 0 Å². The van der Waals surface area contributed by atoms with Crippen molar-refractivity contribution in [3.05, 3.63) is 187 Å². The Bertz CT molecular complexity index is 3420. The van der Waals surface area contributed by atoms with Crippen molar-refractivity contribution in [1.29, 1.82) is 10.5 Å². The van der Waals surface area contributed by atoms with Crippen LogP contribution in [-0.4, -0.2) is 13.7 Å². The highest BCUT2D eigenvalue weighted by atomic mass is 15.0. The molecule has 0 atom stereocenters. The zero-order valence-electron chi connectivity index (χ0n) is 29.5. The standard InChI is InChI=1S/C50H29N5/c51-30-32-14-11-27-46-49(32)37-18-4-9-24-43(37)55(46)45-26-12-20-33(39(45)31-52)34-15-1-6-21-40(34)54-44-25-10-5-19-38(44)50-47(28-13-29-48(50)54)53-41-22-7-2-16-35(41)36-17-3-8-23-42(36)53/h1-29H. The summed E-state index contributed by atoms with van der Waals surface area (Å²) in [6, 6.07) is 65.9. The highest BCUT2D eigenvalue weighted by Gasteiger charge is 2.23. The molecule has 5 heteroatoms. The summed E-state index contributed by atoms with van der Waals surface area (Å²) in [5.74, 6) is 0. The molecule has 3 aromatic heterocycles.